The van der Waals surface area contributed by atoms with Crippen LogP contribution < -0.4 is 14.8 Å². The molecular formula is C21H25FN2O4S. The zero-order valence-corrected chi connectivity index (χ0v) is 17.0. The van der Waals surface area contributed by atoms with Crippen LogP contribution in [-0.2, 0) is 14.8 Å². The molecule has 0 saturated heterocycles. The van der Waals surface area contributed by atoms with Gasteiger partial charge >= 0.3 is 0 Å². The first-order valence-electron chi connectivity index (χ1n) is 9.69. The molecule has 1 saturated carbocycles. The molecule has 0 spiro atoms. The minimum Gasteiger partial charge on any atom is -0.481 e. The number of benzene rings is 2. The Labute approximate surface area is 170 Å². The van der Waals surface area contributed by atoms with Gasteiger partial charge in [-0.05, 0) is 68.3 Å². The van der Waals surface area contributed by atoms with Gasteiger partial charge in [-0.15, -0.1) is 0 Å². The third-order valence-corrected chi connectivity index (χ3v) is 6.26. The fourth-order valence-electron chi connectivity index (χ4n) is 3.25. The maximum absolute atomic E-state index is 13.0. The Morgan fingerprint density at radius 3 is 2.28 bits per heavy atom. The molecule has 0 radical (unpaired) electrons. The van der Waals surface area contributed by atoms with Gasteiger partial charge in [0.05, 0.1) is 4.90 Å². The number of ether oxygens (including phenoxy) is 1. The van der Waals surface area contributed by atoms with Crippen LogP contribution in [0.3, 0.4) is 0 Å². The van der Waals surface area contributed by atoms with Crippen LogP contribution in [0.2, 0.25) is 0 Å². The lowest BCUT2D eigenvalue weighted by Gasteiger charge is -2.24. The molecule has 156 valence electrons. The van der Waals surface area contributed by atoms with E-state index in [2.05, 4.69) is 10.0 Å². The van der Waals surface area contributed by atoms with Crippen molar-refractivity contribution >= 4 is 21.6 Å². The average molecular weight is 421 g/mol. The quantitative estimate of drug-likeness (QED) is 0.713. The lowest BCUT2D eigenvalue weighted by Crippen LogP contribution is -2.43. The van der Waals surface area contributed by atoms with Gasteiger partial charge in [0, 0.05) is 11.7 Å². The van der Waals surface area contributed by atoms with Gasteiger partial charge in [0.1, 0.15) is 11.6 Å². The molecule has 6 nitrogen and oxygen atoms in total. The van der Waals surface area contributed by atoms with E-state index in [0.29, 0.717) is 5.75 Å². The lowest BCUT2D eigenvalue weighted by atomic mass is 9.95. The highest BCUT2D eigenvalue weighted by Gasteiger charge is 2.21. The highest BCUT2D eigenvalue weighted by molar-refractivity contribution is 7.92. The summed E-state index contributed by atoms with van der Waals surface area (Å²) >= 11 is 0. The van der Waals surface area contributed by atoms with Crippen molar-refractivity contribution in [3.8, 4) is 5.75 Å². The molecule has 0 heterocycles. The van der Waals surface area contributed by atoms with E-state index in [0.717, 1.165) is 25.7 Å². The van der Waals surface area contributed by atoms with Gasteiger partial charge in [0.15, 0.2) is 6.10 Å². The number of rotatable bonds is 7. The smallest absolute Gasteiger partial charge is 0.261 e. The number of hydrogen-bond donors (Lipinski definition) is 2. The Bertz CT molecular complexity index is 924. The summed E-state index contributed by atoms with van der Waals surface area (Å²) in [5, 5.41) is 3.01. The first-order valence-corrected chi connectivity index (χ1v) is 11.2. The molecule has 0 aliphatic heterocycles. The number of carbonyl (C=O) groups is 1. The summed E-state index contributed by atoms with van der Waals surface area (Å²) in [7, 11) is -3.81. The van der Waals surface area contributed by atoms with Crippen molar-refractivity contribution in [1.29, 1.82) is 0 Å². The topological polar surface area (TPSA) is 84.5 Å². The number of hydrogen-bond acceptors (Lipinski definition) is 4. The maximum atomic E-state index is 13.0. The minimum atomic E-state index is -3.81. The van der Waals surface area contributed by atoms with E-state index in [1.165, 1.54) is 55.0 Å². The van der Waals surface area contributed by atoms with Crippen molar-refractivity contribution in [2.75, 3.05) is 4.72 Å². The van der Waals surface area contributed by atoms with Gasteiger partial charge in [0.2, 0.25) is 0 Å². The first-order chi connectivity index (χ1) is 13.8. The second kappa shape index (κ2) is 9.26. The van der Waals surface area contributed by atoms with Crippen molar-refractivity contribution in [2.24, 2.45) is 0 Å². The summed E-state index contributed by atoms with van der Waals surface area (Å²) in [6.45, 7) is 1.67. The van der Waals surface area contributed by atoms with Crippen LogP contribution >= 0.6 is 0 Å². The van der Waals surface area contributed by atoms with Crippen LogP contribution in [0.5, 0.6) is 5.75 Å². The largest absolute Gasteiger partial charge is 0.481 e. The van der Waals surface area contributed by atoms with E-state index >= 15 is 0 Å². The standard InChI is InChI=1S/C21H25FN2O4S/c1-15(21(25)23-17-5-3-2-4-6-17)28-19-11-13-20(14-12-19)29(26,27)24-18-9-7-16(22)8-10-18/h7-15,17,24H,2-6H2,1H3,(H,23,25)/t15-/m0/s1. The molecule has 3 rings (SSSR count). The van der Waals surface area contributed by atoms with Gasteiger partial charge in [-0.2, -0.15) is 0 Å². The summed E-state index contributed by atoms with van der Waals surface area (Å²) in [6.07, 6.45) is 4.77. The summed E-state index contributed by atoms with van der Waals surface area (Å²) in [5.41, 5.74) is 0.264. The Hall–Kier alpha value is -2.61. The maximum Gasteiger partial charge on any atom is 0.261 e. The third-order valence-electron chi connectivity index (χ3n) is 4.86. The van der Waals surface area contributed by atoms with E-state index in [4.69, 9.17) is 4.74 Å². The Morgan fingerprint density at radius 1 is 1.03 bits per heavy atom. The highest BCUT2D eigenvalue weighted by atomic mass is 32.2. The predicted octanol–water partition coefficient (Wildman–Crippen LogP) is 3.84. The molecule has 0 unspecified atom stereocenters. The molecule has 1 aliphatic rings. The summed E-state index contributed by atoms with van der Waals surface area (Å²) < 4.78 is 45.9. The van der Waals surface area contributed by atoms with Crippen LogP contribution in [0.25, 0.3) is 0 Å². The van der Waals surface area contributed by atoms with Gasteiger partial charge in [-0.1, -0.05) is 19.3 Å². The monoisotopic (exact) mass is 420 g/mol. The molecule has 8 heteroatoms. The summed E-state index contributed by atoms with van der Waals surface area (Å²) in [4.78, 5) is 12.3. The van der Waals surface area contributed by atoms with Gasteiger partial charge in [0.25, 0.3) is 15.9 Å². The molecule has 0 bridgehead atoms. The second-order valence-electron chi connectivity index (χ2n) is 7.19. The zero-order valence-electron chi connectivity index (χ0n) is 16.2. The van der Waals surface area contributed by atoms with Crippen LogP contribution in [0.1, 0.15) is 39.0 Å². The van der Waals surface area contributed by atoms with E-state index in [-0.39, 0.29) is 22.5 Å². The number of nitrogens with one attached hydrogen (secondary N) is 2. The number of carbonyl (C=O) groups excluding carboxylic acids is 1. The van der Waals surface area contributed by atoms with Crippen molar-refractivity contribution in [1.82, 2.24) is 5.32 Å². The summed E-state index contributed by atoms with van der Waals surface area (Å²) in [6, 6.07) is 11.0. The minimum absolute atomic E-state index is 0.0356. The second-order valence-corrected chi connectivity index (χ2v) is 8.87. The van der Waals surface area contributed by atoms with Crippen molar-refractivity contribution in [3.05, 3.63) is 54.3 Å². The van der Waals surface area contributed by atoms with Crippen molar-refractivity contribution in [2.45, 2.75) is 56.1 Å². The van der Waals surface area contributed by atoms with E-state index < -0.39 is 21.9 Å². The molecular weight excluding hydrogens is 395 g/mol. The Morgan fingerprint density at radius 2 is 1.66 bits per heavy atom. The Balaban J connectivity index is 1.58. The third kappa shape index (κ3) is 5.93. The van der Waals surface area contributed by atoms with Crippen LogP contribution in [0.15, 0.2) is 53.4 Å². The molecule has 2 aromatic carbocycles. The fourth-order valence-corrected chi connectivity index (χ4v) is 4.31. The van der Waals surface area contributed by atoms with Crippen LogP contribution in [0.4, 0.5) is 10.1 Å². The molecule has 1 atom stereocenters. The van der Waals surface area contributed by atoms with Gasteiger partial charge < -0.3 is 10.1 Å². The van der Waals surface area contributed by atoms with Crippen LogP contribution in [-0.4, -0.2) is 26.5 Å². The molecule has 1 amide bonds. The molecule has 1 fully saturated rings. The van der Waals surface area contributed by atoms with E-state index in [1.54, 1.807) is 6.92 Å². The highest BCUT2D eigenvalue weighted by Crippen LogP contribution is 2.21. The summed E-state index contributed by atoms with van der Waals surface area (Å²) in [5.74, 6) is -0.223. The van der Waals surface area contributed by atoms with Crippen molar-refractivity contribution < 1.29 is 22.3 Å². The zero-order chi connectivity index (χ0) is 20.9. The van der Waals surface area contributed by atoms with E-state index in [1.807, 2.05) is 0 Å². The van der Waals surface area contributed by atoms with Crippen LogP contribution in [0, 0.1) is 5.82 Å². The molecule has 29 heavy (non-hydrogen) atoms. The lowest BCUT2D eigenvalue weighted by molar-refractivity contribution is -0.128. The van der Waals surface area contributed by atoms with Gasteiger partial charge in [-0.3, -0.25) is 9.52 Å². The molecule has 0 aromatic heterocycles. The molecule has 2 aromatic rings. The number of halogens is 1. The number of amides is 1. The predicted molar refractivity (Wildman–Crippen MR) is 109 cm³/mol. The molecule has 1 aliphatic carbocycles. The number of sulfonamides is 1. The van der Waals surface area contributed by atoms with Crippen molar-refractivity contribution in [3.63, 3.8) is 0 Å². The average Bonchev–Trinajstić information content (AvgIpc) is 2.71. The normalized spacial score (nSPS) is 16.1. The van der Waals surface area contributed by atoms with Gasteiger partial charge in [-0.25, -0.2) is 12.8 Å². The first kappa shape index (κ1) is 21.1. The van der Waals surface area contributed by atoms with E-state index in [9.17, 15) is 17.6 Å². The molecule has 2 N–H and O–H groups in total. The SMILES string of the molecule is C[C@H](Oc1ccc(S(=O)(=O)Nc2ccc(F)cc2)cc1)C(=O)NC1CCCCC1. The number of anilines is 1. The fraction of sp³-hybridized carbons (Fsp3) is 0.381. The Kier molecular flexibility index (Phi) is 6.74.